The molecular weight excluding hydrogens is 388 g/mol. The van der Waals surface area contributed by atoms with Crippen LogP contribution >= 0.6 is 0 Å². The van der Waals surface area contributed by atoms with E-state index in [0.29, 0.717) is 26.2 Å². The van der Waals surface area contributed by atoms with Crippen LogP contribution in [-0.4, -0.2) is 42.9 Å². The van der Waals surface area contributed by atoms with E-state index in [-0.39, 0.29) is 5.91 Å². The van der Waals surface area contributed by atoms with Crippen molar-refractivity contribution in [3.8, 4) is 0 Å². The van der Waals surface area contributed by atoms with Gasteiger partial charge in [0, 0.05) is 32.6 Å². The van der Waals surface area contributed by atoms with Crippen molar-refractivity contribution in [1.82, 2.24) is 15.5 Å². The molecule has 1 saturated heterocycles. The van der Waals surface area contributed by atoms with E-state index in [1.807, 2.05) is 23.1 Å². The predicted molar refractivity (Wildman–Crippen MR) is 125 cm³/mol. The Labute approximate surface area is 185 Å². The summed E-state index contributed by atoms with van der Waals surface area (Å²) in [5.41, 5.74) is 3.50. The molecule has 0 aromatic heterocycles. The fourth-order valence-corrected chi connectivity index (χ4v) is 3.53. The molecule has 1 fully saturated rings. The number of aliphatic imine (C=N–C) groups is 1. The lowest BCUT2D eigenvalue weighted by Crippen LogP contribution is -2.39. The SMILES string of the molecule is CCNC(=NCc1ccc(COCc2ccccc2)cc1)NCCCN1CCCC1=O. The number of benzene rings is 2. The number of likely N-dealkylation sites (tertiary alicyclic amines) is 1. The Morgan fingerprint density at radius 3 is 2.39 bits per heavy atom. The lowest BCUT2D eigenvalue weighted by molar-refractivity contribution is -0.127. The van der Waals surface area contributed by atoms with Crippen LogP contribution in [-0.2, 0) is 29.3 Å². The van der Waals surface area contributed by atoms with E-state index in [1.165, 1.54) is 5.56 Å². The summed E-state index contributed by atoms with van der Waals surface area (Å²) in [6.07, 6.45) is 2.62. The van der Waals surface area contributed by atoms with Crippen LogP contribution in [0.25, 0.3) is 0 Å². The third kappa shape index (κ3) is 8.06. The van der Waals surface area contributed by atoms with Gasteiger partial charge in [0.15, 0.2) is 5.96 Å². The van der Waals surface area contributed by atoms with Gasteiger partial charge in [0.1, 0.15) is 0 Å². The largest absolute Gasteiger partial charge is 0.372 e. The van der Waals surface area contributed by atoms with Gasteiger partial charge in [-0.1, -0.05) is 54.6 Å². The molecule has 0 atom stereocenters. The monoisotopic (exact) mass is 422 g/mol. The number of nitrogens with zero attached hydrogens (tertiary/aromatic N) is 2. The normalized spacial score (nSPS) is 14.2. The van der Waals surface area contributed by atoms with Crippen molar-refractivity contribution in [2.24, 2.45) is 4.99 Å². The highest BCUT2D eigenvalue weighted by Gasteiger charge is 2.18. The second-order valence-corrected chi connectivity index (χ2v) is 7.75. The number of carbonyl (C=O) groups is 1. The van der Waals surface area contributed by atoms with E-state index in [1.54, 1.807) is 0 Å². The van der Waals surface area contributed by atoms with Gasteiger partial charge in [-0.05, 0) is 36.5 Å². The van der Waals surface area contributed by atoms with E-state index in [0.717, 1.165) is 56.1 Å². The average molecular weight is 423 g/mol. The van der Waals surface area contributed by atoms with Crippen molar-refractivity contribution >= 4 is 11.9 Å². The van der Waals surface area contributed by atoms with Gasteiger partial charge in [-0.15, -0.1) is 0 Å². The molecule has 3 rings (SSSR count). The fraction of sp³-hybridized carbons (Fsp3) is 0.440. The molecule has 0 saturated carbocycles. The minimum absolute atomic E-state index is 0.287. The van der Waals surface area contributed by atoms with E-state index < -0.39 is 0 Å². The minimum Gasteiger partial charge on any atom is -0.372 e. The Morgan fingerprint density at radius 2 is 1.71 bits per heavy atom. The lowest BCUT2D eigenvalue weighted by Gasteiger charge is -2.16. The molecule has 1 amide bonds. The maximum Gasteiger partial charge on any atom is 0.222 e. The van der Waals surface area contributed by atoms with Gasteiger partial charge >= 0.3 is 0 Å². The standard InChI is InChI=1S/C25H34N4O2/c1-2-26-25(27-15-7-17-29-16-6-10-24(29)30)28-18-21-11-13-23(14-12-21)20-31-19-22-8-4-3-5-9-22/h3-5,8-9,11-14H,2,6-7,10,15-20H2,1H3,(H2,26,27,28). The molecule has 1 aliphatic heterocycles. The fourth-order valence-electron chi connectivity index (χ4n) is 3.53. The summed E-state index contributed by atoms with van der Waals surface area (Å²) in [6.45, 7) is 7.23. The van der Waals surface area contributed by atoms with Gasteiger partial charge in [-0.25, -0.2) is 4.99 Å². The van der Waals surface area contributed by atoms with Crippen LogP contribution in [0.2, 0.25) is 0 Å². The maximum atomic E-state index is 11.7. The van der Waals surface area contributed by atoms with Crippen LogP contribution < -0.4 is 10.6 Å². The topological polar surface area (TPSA) is 66.0 Å². The van der Waals surface area contributed by atoms with E-state index in [2.05, 4.69) is 58.9 Å². The van der Waals surface area contributed by atoms with Crippen LogP contribution in [0.1, 0.15) is 42.9 Å². The first-order valence-electron chi connectivity index (χ1n) is 11.2. The first-order chi connectivity index (χ1) is 15.2. The summed E-state index contributed by atoms with van der Waals surface area (Å²) >= 11 is 0. The summed E-state index contributed by atoms with van der Waals surface area (Å²) in [7, 11) is 0. The Bertz CT molecular complexity index is 821. The molecule has 0 aliphatic carbocycles. The second kappa shape index (κ2) is 12.7. The zero-order valence-corrected chi connectivity index (χ0v) is 18.5. The van der Waals surface area contributed by atoms with E-state index >= 15 is 0 Å². The van der Waals surface area contributed by atoms with Gasteiger partial charge in [0.2, 0.25) is 5.91 Å². The van der Waals surface area contributed by atoms with Gasteiger partial charge < -0.3 is 20.3 Å². The van der Waals surface area contributed by atoms with Gasteiger partial charge in [-0.3, -0.25) is 4.79 Å². The Morgan fingerprint density at radius 1 is 1.00 bits per heavy atom. The third-order valence-corrected chi connectivity index (χ3v) is 5.24. The highest BCUT2D eigenvalue weighted by atomic mass is 16.5. The number of hydrogen-bond acceptors (Lipinski definition) is 3. The zero-order valence-electron chi connectivity index (χ0n) is 18.5. The Kier molecular flexibility index (Phi) is 9.38. The highest BCUT2D eigenvalue weighted by molar-refractivity contribution is 5.79. The third-order valence-electron chi connectivity index (χ3n) is 5.24. The number of rotatable bonds is 11. The molecule has 0 unspecified atom stereocenters. The average Bonchev–Trinajstić information content (AvgIpc) is 3.21. The number of amides is 1. The summed E-state index contributed by atoms with van der Waals surface area (Å²) in [6, 6.07) is 18.6. The number of guanidine groups is 1. The maximum absolute atomic E-state index is 11.7. The number of hydrogen-bond donors (Lipinski definition) is 2. The summed E-state index contributed by atoms with van der Waals surface area (Å²) in [5.74, 6) is 1.10. The molecule has 31 heavy (non-hydrogen) atoms. The van der Waals surface area contributed by atoms with Crippen molar-refractivity contribution in [2.45, 2.75) is 45.9 Å². The van der Waals surface area contributed by atoms with Gasteiger partial charge in [0.05, 0.1) is 19.8 Å². The summed E-state index contributed by atoms with van der Waals surface area (Å²) in [5, 5.41) is 6.65. The number of nitrogens with one attached hydrogen (secondary N) is 2. The first-order valence-corrected chi connectivity index (χ1v) is 11.2. The van der Waals surface area contributed by atoms with Gasteiger partial charge in [0.25, 0.3) is 0 Å². The van der Waals surface area contributed by atoms with Crippen LogP contribution in [0.4, 0.5) is 0 Å². The molecule has 2 N–H and O–H groups in total. The van der Waals surface area contributed by atoms with Crippen molar-refractivity contribution < 1.29 is 9.53 Å². The Hall–Kier alpha value is -2.86. The highest BCUT2D eigenvalue weighted by Crippen LogP contribution is 2.10. The van der Waals surface area contributed by atoms with E-state index in [9.17, 15) is 4.79 Å². The summed E-state index contributed by atoms with van der Waals surface area (Å²) in [4.78, 5) is 18.3. The number of carbonyl (C=O) groups excluding carboxylic acids is 1. The van der Waals surface area contributed by atoms with Crippen molar-refractivity contribution in [1.29, 1.82) is 0 Å². The molecule has 2 aromatic carbocycles. The van der Waals surface area contributed by atoms with Crippen LogP contribution in [0.15, 0.2) is 59.6 Å². The van der Waals surface area contributed by atoms with Crippen LogP contribution in [0.3, 0.4) is 0 Å². The molecule has 6 nitrogen and oxygen atoms in total. The van der Waals surface area contributed by atoms with E-state index in [4.69, 9.17) is 4.74 Å². The van der Waals surface area contributed by atoms with Crippen LogP contribution in [0.5, 0.6) is 0 Å². The smallest absolute Gasteiger partial charge is 0.222 e. The summed E-state index contributed by atoms with van der Waals surface area (Å²) < 4.78 is 5.80. The van der Waals surface area contributed by atoms with Crippen molar-refractivity contribution in [2.75, 3.05) is 26.2 Å². The molecule has 2 aromatic rings. The van der Waals surface area contributed by atoms with Crippen molar-refractivity contribution in [3.63, 3.8) is 0 Å². The second-order valence-electron chi connectivity index (χ2n) is 7.75. The molecule has 0 radical (unpaired) electrons. The molecule has 1 aliphatic rings. The molecule has 166 valence electrons. The first kappa shape index (κ1) is 22.8. The van der Waals surface area contributed by atoms with Crippen molar-refractivity contribution in [3.05, 3.63) is 71.3 Å². The number of ether oxygens (including phenoxy) is 1. The lowest BCUT2D eigenvalue weighted by atomic mass is 10.1. The molecule has 0 spiro atoms. The minimum atomic E-state index is 0.287. The quantitative estimate of drug-likeness (QED) is 0.331. The molecule has 6 heteroatoms. The molecule has 1 heterocycles. The van der Waals surface area contributed by atoms with Gasteiger partial charge in [-0.2, -0.15) is 0 Å². The molecule has 0 bridgehead atoms. The van der Waals surface area contributed by atoms with Crippen LogP contribution in [0, 0.1) is 0 Å². The molecular formula is C25H34N4O2. The predicted octanol–water partition coefficient (Wildman–Crippen LogP) is 3.47. The Balaban J connectivity index is 1.39. The zero-order chi connectivity index (χ0) is 21.7.